The van der Waals surface area contributed by atoms with Crippen molar-refractivity contribution in [1.29, 1.82) is 5.41 Å². The number of oxazole rings is 1. The number of aliphatic hydroxyl groups excluding tert-OH is 1. The Morgan fingerprint density at radius 3 is 2.10 bits per heavy atom. The first-order valence-electron chi connectivity index (χ1n) is 45.7. The highest BCUT2D eigenvalue weighted by Crippen LogP contribution is 2.35. The molecule has 35 nitrogen and oxygen atoms in total. The fourth-order valence-corrected chi connectivity index (χ4v) is 17.3. The number of carbonyl (C=O) groups excluding carboxylic acids is 8. The number of nitrogens with zero attached hydrogens (tertiary/aromatic N) is 11. The number of carbonyl (C=O) groups is 8. The number of hydrogen-bond acceptors (Lipinski definition) is 31. The van der Waals surface area contributed by atoms with Crippen LogP contribution in [0.25, 0.3) is 11.1 Å². The van der Waals surface area contributed by atoms with Crippen molar-refractivity contribution >= 4 is 93.5 Å². The normalized spacial score (nSPS) is 24.6. The number of hydrogen-bond donors (Lipinski definition) is 7. The van der Waals surface area contributed by atoms with Gasteiger partial charge >= 0.3 is 12.1 Å². The molecule has 2 unspecified atom stereocenters. The monoisotopic (exact) mass is 1790 g/mol. The van der Waals surface area contributed by atoms with Crippen LogP contribution in [-0.2, 0) is 92.7 Å². The molecular formula is C95H127N17O18. The van der Waals surface area contributed by atoms with Gasteiger partial charge in [0.25, 0.3) is 17.8 Å². The van der Waals surface area contributed by atoms with E-state index in [2.05, 4.69) is 61.8 Å². The molecule has 35 heteroatoms. The molecule has 1 saturated carbocycles. The number of benzene rings is 2. The third-order valence-corrected chi connectivity index (χ3v) is 25.0. The lowest BCUT2D eigenvalue weighted by molar-refractivity contribution is -0.167. The van der Waals surface area contributed by atoms with E-state index in [9.17, 15) is 43.5 Å². The molecule has 700 valence electrons. The maximum atomic E-state index is 14.5. The number of ketones is 3. The van der Waals surface area contributed by atoms with Crippen LogP contribution < -0.4 is 37.2 Å². The lowest BCUT2D eigenvalue weighted by Gasteiger charge is -2.36. The number of cyclic esters (lactones) is 1. The molecule has 0 radical (unpaired) electrons. The molecule has 5 aliphatic heterocycles. The fraction of sp³-hybridized carbons (Fsp3) is 0.558. The number of aliphatic hydroxyl groups is 1. The Hall–Kier alpha value is -11.3. The number of nitrogens with two attached hydrogens (primary N) is 2. The van der Waals surface area contributed by atoms with Crippen LogP contribution in [0.4, 0.5) is 34.3 Å². The second-order valence-corrected chi connectivity index (χ2v) is 34.6. The lowest BCUT2D eigenvalue weighted by atomic mass is 9.83. The largest absolute Gasteiger partial charge is 0.460 e. The van der Waals surface area contributed by atoms with Gasteiger partial charge in [-0.1, -0.05) is 75.4 Å². The van der Waals surface area contributed by atoms with Crippen LogP contribution in [0.2, 0.25) is 0 Å². The summed E-state index contributed by atoms with van der Waals surface area (Å²) in [5, 5.41) is 29.2. The van der Waals surface area contributed by atoms with Crippen molar-refractivity contribution in [3.05, 3.63) is 154 Å². The van der Waals surface area contributed by atoms with Crippen LogP contribution in [0, 0.1) is 29.1 Å². The van der Waals surface area contributed by atoms with Crippen LogP contribution in [0.1, 0.15) is 188 Å². The summed E-state index contributed by atoms with van der Waals surface area (Å²) in [6.07, 6.45) is 23.3. The fourth-order valence-electron chi connectivity index (χ4n) is 17.3. The average Bonchev–Trinajstić information content (AvgIpc) is 1.42. The first kappa shape index (κ1) is 97.7. The van der Waals surface area contributed by atoms with Gasteiger partial charge in [0.2, 0.25) is 23.6 Å². The van der Waals surface area contributed by atoms with Gasteiger partial charge < -0.3 is 94.4 Å². The zero-order valence-electron chi connectivity index (χ0n) is 75.6. The Kier molecular flexibility index (Phi) is 36.9. The van der Waals surface area contributed by atoms with Gasteiger partial charge in [-0.2, -0.15) is 4.98 Å². The van der Waals surface area contributed by atoms with Crippen molar-refractivity contribution in [2.45, 2.75) is 212 Å². The van der Waals surface area contributed by atoms with Crippen LogP contribution >= 0.6 is 0 Å². The van der Waals surface area contributed by atoms with Gasteiger partial charge in [0.05, 0.1) is 94.4 Å². The number of piperazine rings is 1. The first-order chi connectivity index (χ1) is 62.9. The highest BCUT2D eigenvalue weighted by atomic mass is 16.6. The Balaban J connectivity index is 0.493. The third-order valence-electron chi connectivity index (χ3n) is 25.0. The molecule has 2 aromatic carbocycles. The number of methoxy groups -OCH3 is 1. The van der Waals surface area contributed by atoms with Crippen molar-refractivity contribution in [2.75, 3.05) is 132 Å². The first-order valence-corrected chi connectivity index (χ1v) is 45.7. The van der Waals surface area contributed by atoms with E-state index in [1.165, 1.54) is 29.2 Å². The number of nitrogen functional groups attached to an aromatic ring is 2. The van der Waals surface area contributed by atoms with Crippen molar-refractivity contribution in [2.24, 2.45) is 23.7 Å². The number of alkyl carbamates (subject to hydrolysis) is 1. The van der Waals surface area contributed by atoms with Crippen LogP contribution in [-0.4, -0.2) is 251 Å². The number of anilines is 5. The molecule has 12 rings (SSSR count). The second-order valence-electron chi connectivity index (χ2n) is 34.6. The van der Waals surface area contributed by atoms with Gasteiger partial charge in [0, 0.05) is 140 Å². The standard InChI is InChI=1S/C95H127N17O18/c1-60-13-8-7-9-14-61(2)82(122-6)50-73-15-12-17-81(127-73)86(117)90(119)112-31-11-10-16-76(112)91(120)128-74(49-77(113)63(4)46-64(5)79(115)51-78(114)62(3)45-60)26-21-65-19-24-72(25-20-65)129-95(121)105-55-67-53-101-93(102-54-67)109-33-35-110(36-34-109)94-103-56-71(57-104-94)89(118)99-30-38-124-40-42-126-44-43-125-41-39-123-37-29-83(116)111-32-28-68-47-66(18-22-70(68)58-111)52-100-88-84(87(97)106-59-107-88)85(96)69-23-27-80-75(48-69)108-92(98)130-80/h7-9,13-14,18,22-23,27,46-48,53-54,56-57,59-60,62-63,65,72-74,76,79,81-82,96,115H,10-12,15-17,19-21,24-26,28-45,49-52,55,58H2,1-6H3,(H2,98,108)(H,99,118)(H,105,121)(H3,97,100,106,107)/b9-7+,13-8+,61-14+,64-46+,96-85?/t60-,62-,63-,65-,72-,73?,74-,76+,79+,81?,82+/m1/s1. The molecule has 9 atom stereocenters. The maximum absolute atomic E-state index is 14.5. The summed E-state index contributed by atoms with van der Waals surface area (Å²) in [7, 11) is 1.63. The molecule has 4 fully saturated rings. The van der Waals surface area contributed by atoms with Gasteiger partial charge in [-0.3, -0.25) is 34.2 Å². The number of ether oxygens (including phenoxy) is 8. The summed E-state index contributed by atoms with van der Waals surface area (Å²) in [6.45, 7) is 16.5. The van der Waals surface area contributed by atoms with Crippen LogP contribution in [0.5, 0.6) is 0 Å². The van der Waals surface area contributed by atoms with Crippen molar-refractivity contribution in [3.63, 3.8) is 0 Å². The zero-order valence-corrected chi connectivity index (χ0v) is 75.6. The van der Waals surface area contributed by atoms with E-state index in [1.54, 1.807) is 57.6 Å². The summed E-state index contributed by atoms with van der Waals surface area (Å²) < 4.78 is 52.4. The minimum absolute atomic E-state index is 0.0229. The molecule has 130 heavy (non-hydrogen) atoms. The molecule has 6 aliphatic rings. The zero-order chi connectivity index (χ0) is 92.0. The van der Waals surface area contributed by atoms with Gasteiger partial charge in [-0.25, -0.2) is 39.5 Å². The molecule has 6 aromatic rings. The van der Waals surface area contributed by atoms with Gasteiger partial charge in [0.1, 0.15) is 59.4 Å². The van der Waals surface area contributed by atoms with E-state index in [4.69, 9.17) is 59.2 Å². The number of aromatic nitrogens is 7. The number of nitrogens with one attached hydrogen (secondary N) is 4. The molecular weight excluding hydrogens is 1670 g/mol. The molecule has 4 amide bonds. The van der Waals surface area contributed by atoms with E-state index in [1.807, 2.05) is 73.1 Å². The Bertz CT molecular complexity index is 4950. The molecule has 0 spiro atoms. The summed E-state index contributed by atoms with van der Waals surface area (Å²) in [4.78, 5) is 148. The molecule has 9 N–H and O–H groups in total. The lowest BCUT2D eigenvalue weighted by Crippen LogP contribution is -2.54. The highest BCUT2D eigenvalue weighted by Gasteiger charge is 2.42. The van der Waals surface area contributed by atoms with E-state index in [0.717, 1.165) is 29.5 Å². The average molecular weight is 1800 g/mol. The van der Waals surface area contributed by atoms with Crippen LogP contribution in [0.3, 0.4) is 0 Å². The number of esters is 1. The number of amides is 4. The number of piperidine rings is 1. The van der Waals surface area contributed by atoms with Gasteiger partial charge in [-0.15, -0.1) is 0 Å². The van der Waals surface area contributed by atoms with E-state index >= 15 is 0 Å². The highest BCUT2D eigenvalue weighted by molar-refractivity contribution is 6.38. The Labute approximate surface area is 758 Å². The molecule has 2 bridgehead atoms. The minimum Gasteiger partial charge on any atom is -0.460 e. The Morgan fingerprint density at radius 2 is 1.38 bits per heavy atom. The van der Waals surface area contributed by atoms with Gasteiger partial charge in [0.15, 0.2) is 5.58 Å². The van der Waals surface area contributed by atoms with Crippen molar-refractivity contribution in [3.8, 4) is 0 Å². The summed E-state index contributed by atoms with van der Waals surface area (Å²) in [6, 6.07) is 10.3. The predicted octanol–water partition coefficient (Wildman–Crippen LogP) is 9.85. The van der Waals surface area contributed by atoms with Crippen molar-refractivity contribution < 1.29 is 85.8 Å². The SMILES string of the molecule is CO[C@H]1CC2CCCC(O2)C(=O)C(=O)N2CCCC[C@H]2C(=O)O[C@H](CC[C@H]2CC[C@H](OC(=O)NCc3cnc(N4CCN(c5ncc(C(=O)NCCOCCOCCOCCOCCC(=O)N6CCc7cc(CNc8ncnc(N)c8C(=N)c8ccc9oc(N)nc9c8)ccc7C6)cn5)CC4)nc3)CC2)CC(=O)[C@H](C)/C=C(\C)[C@@H](O)CC(=O)[C@H](C)C[C@H](C)/C=C/C=C/C=C/1C. The van der Waals surface area contributed by atoms with E-state index in [0.29, 0.717) is 219 Å². The maximum Gasteiger partial charge on any atom is 0.407 e. The topological polar surface area (TPSA) is 459 Å². The molecule has 4 aromatic heterocycles. The number of rotatable bonds is 30. The van der Waals surface area contributed by atoms with Crippen LogP contribution in [0.15, 0.2) is 120 Å². The second kappa shape index (κ2) is 49.1. The quantitative estimate of drug-likeness (QED) is 0.00724. The number of fused-ring (bicyclic) bond motifs is 5. The summed E-state index contributed by atoms with van der Waals surface area (Å²) in [5.74, 6) is -1.91. The summed E-state index contributed by atoms with van der Waals surface area (Å²) in [5.41, 5.74) is 19.8. The molecule has 1 aliphatic carbocycles. The minimum atomic E-state index is -1.10. The number of allylic oxidation sites excluding steroid dienone is 6. The smallest absolute Gasteiger partial charge is 0.407 e. The van der Waals surface area contributed by atoms with Crippen molar-refractivity contribution in [1.82, 2.24) is 55.3 Å². The number of Topliss-reactive ketones (excluding diaryl/α,β-unsaturated/α-hetero) is 3. The molecule has 3 saturated heterocycles. The van der Waals surface area contributed by atoms with E-state index < -0.39 is 54.0 Å². The molecule has 9 heterocycles. The summed E-state index contributed by atoms with van der Waals surface area (Å²) >= 11 is 0. The predicted molar refractivity (Wildman–Crippen MR) is 486 cm³/mol. The third kappa shape index (κ3) is 28.6. The van der Waals surface area contributed by atoms with E-state index in [-0.39, 0.29) is 136 Å². The van der Waals surface area contributed by atoms with Gasteiger partial charge in [-0.05, 0) is 162 Å². The Morgan fingerprint density at radius 1 is 0.669 bits per heavy atom.